The Labute approximate surface area is 109 Å². The lowest BCUT2D eigenvalue weighted by Crippen LogP contribution is -2.26. The number of rotatable bonds is 5. The standard InChI is InChI=1S/C11H14F3NO3S/c1-8(16)6-7-15-19(17,18)10-4-2-9(3-5-10)11(12,13)14/h2-5,8,15-16H,6-7H2,1H3. The lowest BCUT2D eigenvalue weighted by atomic mass is 10.2. The maximum atomic E-state index is 12.3. The van der Waals surface area contributed by atoms with Gasteiger partial charge in [0.1, 0.15) is 0 Å². The number of aliphatic hydroxyl groups excluding tert-OH is 1. The Morgan fingerprint density at radius 1 is 1.26 bits per heavy atom. The predicted octanol–water partition coefficient (Wildman–Crippen LogP) is 1.75. The van der Waals surface area contributed by atoms with E-state index in [0.717, 1.165) is 12.1 Å². The number of aliphatic hydroxyl groups is 1. The molecule has 1 atom stereocenters. The fourth-order valence-corrected chi connectivity index (χ4v) is 2.36. The third kappa shape index (κ3) is 4.81. The quantitative estimate of drug-likeness (QED) is 0.870. The van der Waals surface area contributed by atoms with Crippen LogP contribution in [0, 0.1) is 0 Å². The van der Waals surface area contributed by atoms with E-state index in [9.17, 15) is 21.6 Å². The number of nitrogens with one attached hydrogen (secondary N) is 1. The average Bonchev–Trinajstić information content (AvgIpc) is 2.27. The van der Waals surface area contributed by atoms with Gasteiger partial charge in [-0.05, 0) is 37.6 Å². The summed E-state index contributed by atoms with van der Waals surface area (Å²) in [5, 5.41) is 8.99. The lowest BCUT2D eigenvalue weighted by Gasteiger charge is -2.10. The highest BCUT2D eigenvalue weighted by atomic mass is 32.2. The largest absolute Gasteiger partial charge is 0.416 e. The molecule has 8 heteroatoms. The Kier molecular flexibility index (Phi) is 4.94. The maximum Gasteiger partial charge on any atom is 0.416 e. The Balaban J connectivity index is 2.80. The summed E-state index contributed by atoms with van der Waals surface area (Å²) in [6.07, 6.45) is -4.93. The lowest BCUT2D eigenvalue weighted by molar-refractivity contribution is -0.137. The van der Waals surface area contributed by atoms with Crippen LogP contribution in [0.5, 0.6) is 0 Å². The van der Waals surface area contributed by atoms with Gasteiger partial charge in [0.05, 0.1) is 16.6 Å². The van der Waals surface area contributed by atoms with Crippen molar-refractivity contribution < 1.29 is 26.7 Å². The van der Waals surface area contributed by atoms with Crippen LogP contribution in [0.25, 0.3) is 0 Å². The fourth-order valence-electron chi connectivity index (χ4n) is 1.31. The number of halogens is 3. The molecule has 0 aliphatic heterocycles. The van der Waals surface area contributed by atoms with Crippen molar-refractivity contribution in [3.63, 3.8) is 0 Å². The van der Waals surface area contributed by atoms with E-state index >= 15 is 0 Å². The molecule has 0 spiro atoms. The summed E-state index contributed by atoms with van der Waals surface area (Å²) in [6.45, 7) is 1.52. The second kappa shape index (κ2) is 5.89. The monoisotopic (exact) mass is 297 g/mol. The van der Waals surface area contributed by atoms with Gasteiger partial charge in [-0.2, -0.15) is 13.2 Å². The van der Waals surface area contributed by atoms with Gasteiger partial charge in [-0.15, -0.1) is 0 Å². The van der Waals surface area contributed by atoms with Crippen molar-refractivity contribution in [1.29, 1.82) is 0 Å². The molecule has 0 bridgehead atoms. The first-order valence-electron chi connectivity index (χ1n) is 5.48. The van der Waals surface area contributed by atoms with Gasteiger partial charge in [-0.1, -0.05) is 0 Å². The van der Waals surface area contributed by atoms with E-state index in [-0.39, 0.29) is 17.9 Å². The van der Waals surface area contributed by atoms with Gasteiger partial charge >= 0.3 is 6.18 Å². The Morgan fingerprint density at radius 2 is 1.79 bits per heavy atom. The van der Waals surface area contributed by atoms with Crippen LogP contribution in [0.15, 0.2) is 29.2 Å². The molecule has 1 unspecified atom stereocenters. The molecular weight excluding hydrogens is 283 g/mol. The van der Waals surface area contributed by atoms with Crippen molar-refractivity contribution in [1.82, 2.24) is 4.72 Å². The van der Waals surface area contributed by atoms with Gasteiger partial charge in [0, 0.05) is 6.54 Å². The van der Waals surface area contributed by atoms with Crippen LogP contribution in [-0.2, 0) is 16.2 Å². The summed E-state index contributed by atoms with van der Waals surface area (Å²) in [5.41, 5.74) is -0.907. The van der Waals surface area contributed by atoms with Crippen molar-refractivity contribution in [2.45, 2.75) is 30.5 Å². The molecule has 19 heavy (non-hydrogen) atoms. The number of hydrogen-bond acceptors (Lipinski definition) is 3. The molecule has 0 aliphatic rings. The SMILES string of the molecule is CC(O)CCNS(=O)(=O)c1ccc(C(F)(F)F)cc1. The maximum absolute atomic E-state index is 12.3. The molecule has 0 heterocycles. The van der Waals surface area contributed by atoms with Gasteiger partial charge in [0.25, 0.3) is 0 Å². The highest BCUT2D eigenvalue weighted by molar-refractivity contribution is 7.89. The topological polar surface area (TPSA) is 66.4 Å². The first-order chi connectivity index (χ1) is 8.63. The molecule has 4 nitrogen and oxygen atoms in total. The van der Waals surface area contributed by atoms with Gasteiger partial charge in [-0.25, -0.2) is 13.1 Å². The van der Waals surface area contributed by atoms with Crippen LogP contribution in [-0.4, -0.2) is 26.2 Å². The summed E-state index contributed by atoms with van der Waals surface area (Å²) >= 11 is 0. The molecule has 0 radical (unpaired) electrons. The third-order valence-electron chi connectivity index (χ3n) is 2.35. The number of hydrogen-bond donors (Lipinski definition) is 2. The minimum Gasteiger partial charge on any atom is -0.393 e. The Morgan fingerprint density at radius 3 is 2.21 bits per heavy atom. The molecule has 1 rings (SSSR count). The fraction of sp³-hybridized carbons (Fsp3) is 0.455. The van der Waals surface area contributed by atoms with Crippen LogP contribution in [0.1, 0.15) is 18.9 Å². The van der Waals surface area contributed by atoms with E-state index in [1.165, 1.54) is 6.92 Å². The van der Waals surface area contributed by atoms with Gasteiger partial charge in [0.15, 0.2) is 0 Å². The second-order valence-corrected chi connectivity index (χ2v) is 5.82. The van der Waals surface area contributed by atoms with Gasteiger partial charge in [0.2, 0.25) is 10.0 Å². The highest BCUT2D eigenvalue weighted by Crippen LogP contribution is 2.29. The molecule has 0 amide bonds. The zero-order valence-electron chi connectivity index (χ0n) is 10.1. The molecule has 0 fully saturated rings. The Hall–Kier alpha value is -1.12. The van der Waals surface area contributed by atoms with E-state index in [2.05, 4.69) is 4.72 Å². The van der Waals surface area contributed by atoms with Gasteiger partial charge < -0.3 is 5.11 Å². The minimum absolute atomic E-state index is 0.0149. The molecule has 108 valence electrons. The third-order valence-corrected chi connectivity index (χ3v) is 3.82. The van der Waals surface area contributed by atoms with E-state index in [4.69, 9.17) is 5.11 Å². The van der Waals surface area contributed by atoms with E-state index < -0.39 is 27.9 Å². The molecule has 1 aromatic rings. The van der Waals surface area contributed by atoms with Crippen molar-refractivity contribution in [2.75, 3.05) is 6.54 Å². The molecule has 2 N–H and O–H groups in total. The molecule has 1 aromatic carbocycles. The van der Waals surface area contributed by atoms with Crippen molar-refractivity contribution in [3.8, 4) is 0 Å². The summed E-state index contributed by atoms with van der Waals surface area (Å²) in [6, 6.07) is 3.22. The first-order valence-corrected chi connectivity index (χ1v) is 6.96. The van der Waals surface area contributed by atoms with Crippen LogP contribution in [0.2, 0.25) is 0 Å². The molecule has 0 saturated heterocycles. The summed E-state index contributed by atoms with van der Waals surface area (Å²) in [7, 11) is -3.85. The van der Waals surface area contributed by atoms with Gasteiger partial charge in [-0.3, -0.25) is 0 Å². The number of alkyl halides is 3. The van der Waals surface area contributed by atoms with E-state index in [0.29, 0.717) is 12.1 Å². The number of sulfonamides is 1. The van der Waals surface area contributed by atoms with E-state index in [1.807, 2.05) is 0 Å². The van der Waals surface area contributed by atoms with Crippen molar-refractivity contribution in [3.05, 3.63) is 29.8 Å². The summed E-state index contributed by atoms with van der Waals surface area (Å²) in [4.78, 5) is -0.244. The van der Waals surface area contributed by atoms with Crippen LogP contribution in [0.3, 0.4) is 0 Å². The van der Waals surface area contributed by atoms with Crippen LogP contribution < -0.4 is 4.72 Å². The number of benzene rings is 1. The first kappa shape index (κ1) is 15.9. The second-order valence-electron chi connectivity index (χ2n) is 4.06. The highest BCUT2D eigenvalue weighted by Gasteiger charge is 2.30. The Bertz CT molecular complexity index is 509. The summed E-state index contributed by atoms with van der Waals surface area (Å²) in [5.74, 6) is 0. The molecule has 0 aliphatic carbocycles. The van der Waals surface area contributed by atoms with Crippen LogP contribution >= 0.6 is 0 Å². The zero-order chi connectivity index (χ0) is 14.7. The van der Waals surface area contributed by atoms with Crippen molar-refractivity contribution >= 4 is 10.0 Å². The van der Waals surface area contributed by atoms with Crippen molar-refractivity contribution in [2.24, 2.45) is 0 Å². The zero-order valence-corrected chi connectivity index (χ0v) is 10.9. The summed E-state index contributed by atoms with van der Waals surface area (Å²) < 4.78 is 62.5. The van der Waals surface area contributed by atoms with Crippen LogP contribution in [0.4, 0.5) is 13.2 Å². The smallest absolute Gasteiger partial charge is 0.393 e. The molecular formula is C11H14F3NO3S. The predicted molar refractivity (Wildman–Crippen MR) is 62.9 cm³/mol. The average molecular weight is 297 g/mol. The van der Waals surface area contributed by atoms with E-state index in [1.54, 1.807) is 0 Å². The normalized spacial score (nSPS) is 14.4. The molecule has 0 saturated carbocycles. The minimum atomic E-state index is -4.50. The molecule has 0 aromatic heterocycles.